The van der Waals surface area contributed by atoms with E-state index in [1.165, 1.54) is 0 Å². The summed E-state index contributed by atoms with van der Waals surface area (Å²) in [6.45, 7) is 7.10. The predicted octanol–water partition coefficient (Wildman–Crippen LogP) is 3.79. The lowest BCUT2D eigenvalue weighted by Crippen LogP contribution is -2.41. The third-order valence-electron chi connectivity index (χ3n) is 4.92. The minimum Gasteiger partial charge on any atom is -0.336 e. The van der Waals surface area contributed by atoms with Crippen molar-refractivity contribution in [3.05, 3.63) is 65.7 Å². The maximum atomic E-state index is 13.1. The molecule has 1 saturated heterocycles. The van der Waals surface area contributed by atoms with Gasteiger partial charge in [0.15, 0.2) is 0 Å². The molecular weight excluding hydrogens is 324 g/mol. The summed E-state index contributed by atoms with van der Waals surface area (Å²) in [5.41, 5.74) is 3.13. The van der Waals surface area contributed by atoms with Crippen molar-refractivity contribution in [3.8, 4) is 0 Å². The van der Waals surface area contributed by atoms with Gasteiger partial charge >= 0.3 is 0 Å². The van der Waals surface area contributed by atoms with E-state index >= 15 is 0 Å². The third-order valence-corrected chi connectivity index (χ3v) is 4.92. The Morgan fingerprint density at radius 3 is 2.38 bits per heavy atom. The minimum atomic E-state index is -0.282. The molecule has 4 heteroatoms. The molecule has 26 heavy (non-hydrogen) atoms. The van der Waals surface area contributed by atoms with Crippen molar-refractivity contribution in [1.82, 2.24) is 4.90 Å². The van der Waals surface area contributed by atoms with Crippen LogP contribution in [0.4, 0.5) is 5.69 Å². The Hall–Kier alpha value is -2.62. The van der Waals surface area contributed by atoms with Crippen molar-refractivity contribution >= 4 is 17.5 Å². The predicted molar refractivity (Wildman–Crippen MR) is 104 cm³/mol. The van der Waals surface area contributed by atoms with Crippen LogP contribution < -0.4 is 4.90 Å². The number of nitrogens with zero attached hydrogens (tertiary/aromatic N) is 2. The quantitative estimate of drug-likeness (QED) is 0.823. The van der Waals surface area contributed by atoms with Crippen LogP contribution in [-0.4, -0.2) is 29.3 Å². The van der Waals surface area contributed by atoms with Gasteiger partial charge in [-0.15, -0.1) is 0 Å². The number of hydrogen-bond acceptors (Lipinski definition) is 2. The van der Waals surface area contributed by atoms with E-state index in [2.05, 4.69) is 0 Å². The molecule has 0 unspecified atom stereocenters. The molecule has 0 aliphatic carbocycles. The lowest BCUT2D eigenvalue weighted by molar-refractivity contribution is -0.138. The monoisotopic (exact) mass is 350 g/mol. The molecule has 1 fully saturated rings. The number of carbonyl (C=O) groups is 2. The molecule has 2 amide bonds. The molecule has 1 heterocycles. The Morgan fingerprint density at radius 1 is 1.12 bits per heavy atom. The van der Waals surface area contributed by atoms with Gasteiger partial charge in [0.2, 0.25) is 11.8 Å². The Balaban J connectivity index is 1.73. The first kappa shape index (κ1) is 18.2. The van der Waals surface area contributed by atoms with Gasteiger partial charge in [-0.05, 0) is 38.5 Å². The molecule has 2 aromatic carbocycles. The molecule has 2 aromatic rings. The van der Waals surface area contributed by atoms with Crippen LogP contribution in [0.5, 0.6) is 0 Å². The van der Waals surface area contributed by atoms with Crippen molar-refractivity contribution in [2.75, 3.05) is 11.4 Å². The van der Waals surface area contributed by atoms with Crippen LogP contribution in [0, 0.1) is 12.8 Å². The number of anilines is 1. The lowest BCUT2D eigenvalue weighted by atomic mass is 10.1. The topological polar surface area (TPSA) is 40.6 Å². The van der Waals surface area contributed by atoms with Gasteiger partial charge < -0.3 is 9.80 Å². The zero-order valence-corrected chi connectivity index (χ0v) is 15.7. The first-order valence-corrected chi connectivity index (χ1v) is 9.17. The van der Waals surface area contributed by atoms with E-state index < -0.39 is 0 Å². The summed E-state index contributed by atoms with van der Waals surface area (Å²) in [5, 5.41) is 0. The minimum absolute atomic E-state index is 0.0237. The lowest BCUT2D eigenvalue weighted by Gasteiger charge is -2.29. The van der Waals surface area contributed by atoms with Gasteiger partial charge in [-0.3, -0.25) is 9.59 Å². The van der Waals surface area contributed by atoms with E-state index in [9.17, 15) is 9.59 Å². The van der Waals surface area contributed by atoms with E-state index in [1.54, 1.807) is 4.90 Å². The fourth-order valence-corrected chi connectivity index (χ4v) is 3.38. The van der Waals surface area contributed by atoms with Crippen molar-refractivity contribution in [2.45, 2.75) is 39.8 Å². The summed E-state index contributed by atoms with van der Waals surface area (Å²) >= 11 is 0. The molecule has 0 bridgehead atoms. The van der Waals surface area contributed by atoms with Crippen LogP contribution in [0.15, 0.2) is 54.6 Å². The van der Waals surface area contributed by atoms with Gasteiger partial charge in [-0.25, -0.2) is 0 Å². The van der Waals surface area contributed by atoms with Gasteiger partial charge in [0.1, 0.15) is 0 Å². The van der Waals surface area contributed by atoms with Gasteiger partial charge in [0.05, 0.1) is 5.92 Å². The van der Waals surface area contributed by atoms with E-state index in [1.807, 2.05) is 80.3 Å². The largest absolute Gasteiger partial charge is 0.336 e. The van der Waals surface area contributed by atoms with Gasteiger partial charge in [-0.1, -0.05) is 48.0 Å². The van der Waals surface area contributed by atoms with Crippen molar-refractivity contribution in [1.29, 1.82) is 0 Å². The normalized spacial score (nSPS) is 17.0. The van der Waals surface area contributed by atoms with E-state index in [0.717, 1.165) is 16.8 Å². The van der Waals surface area contributed by atoms with E-state index in [0.29, 0.717) is 13.1 Å². The molecule has 136 valence electrons. The van der Waals surface area contributed by atoms with Crippen LogP contribution in [0.25, 0.3) is 0 Å². The van der Waals surface area contributed by atoms with Crippen LogP contribution >= 0.6 is 0 Å². The van der Waals surface area contributed by atoms with Gasteiger partial charge in [0.25, 0.3) is 0 Å². The summed E-state index contributed by atoms with van der Waals surface area (Å²) in [6.07, 6.45) is 0.282. The average molecular weight is 350 g/mol. The summed E-state index contributed by atoms with van der Waals surface area (Å²) < 4.78 is 0. The molecule has 1 atom stereocenters. The number of carbonyl (C=O) groups excluding carboxylic acids is 2. The van der Waals surface area contributed by atoms with Crippen LogP contribution in [0.2, 0.25) is 0 Å². The van der Waals surface area contributed by atoms with Crippen LogP contribution in [0.3, 0.4) is 0 Å². The van der Waals surface area contributed by atoms with Gasteiger partial charge in [0, 0.05) is 31.2 Å². The number of rotatable bonds is 5. The Bertz CT molecular complexity index is 768. The number of benzene rings is 2. The molecule has 0 saturated carbocycles. The molecule has 3 rings (SSSR count). The second kappa shape index (κ2) is 7.73. The zero-order valence-electron chi connectivity index (χ0n) is 15.7. The second-order valence-corrected chi connectivity index (χ2v) is 7.29. The van der Waals surface area contributed by atoms with Crippen molar-refractivity contribution in [2.24, 2.45) is 5.92 Å². The number of aryl methyl sites for hydroxylation is 1. The maximum Gasteiger partial charge on any atom is 0.228 e. The Morgan fingerprint density at radius 2 is 1.77 bits per heavy atom. The van der Waals surface area contributed by atoms with Crippen molar-refractivity contribution < 1.29 is 9.59 Å². The molecule has 0 N–H and O–H groups in total. The van der Waals surface area contributed by atoms with Gasteiger partial charge in [-0.2, -0.15) is 0 Å². The zero-order chi connectivity index (χ0) is 18.7. The summed E-state index contributed by atoms with van der Waals surface area (Å²) in [7, 11) is 0. The van der Waals surface area contributed by atoms with Crippen LogP contribution in [-0.2, 0) is 16.1 Å². The molecule has 1 aliphatic heterocycles. The van der Waals surface area contributed by atoms with E-state index in [-0.39, 0.29) is 30.2 Å². The SMILES string of the molecule is Cc1ccc(N2C[C@H](C(=O)N(Cc3ccccc3)C(C)C)CC2=O)cc1. The maximum absolute atomic E-state index is 13.1. The van der Waals surface area contributed by atoms with Crippen molar-refractivity contribution in [3.63, 3.8) is 0 Å². The summed E-state index contributed by atoms with van der Waals surface area (Å²) in [5.74, 6) is -0.197. The van der Waals surface area contributed by atoms with Crippen LogP contribution in [0.1, 0.15) is 31.4 Å². The van der Waals surface area contributed by atoms with E-state index in [4.69, 9.17) is 0 Å². The molecule has 1 aliphatic rings. The molecule has 0 spiro atoms. The molecular formula is C22H26N2O2. The third kappa shape index (κ3) is 3.96. The Kier molecular flexibility index (Phi) is 5.40. The smallest absolute Gasteiger partial charge is 0.228 e. The second-order valence-electron chi connectivity index (χ2n) is 7.29. The fraction of sp³-hybridized carbons (Fsp3) is 0.364. The summed E-state index contributed by atoms with van der Waals surface area (Å²) in [6, 6.07) is 18.0. The number of hydrogen-bond donors (Lipinski definition) is 0. The highest BCUT2D eigenvalue weighted by Gasteiger charge is 2.37. The molecule has 0 aromatic heterocycles. The first-order valence-electron chi connectivity index (χ1n) is 9.17. The standard InChI is InChI=1S/C22H26N2O2/c1-16(2)23(14-18-7-5-4-6-8-18)22(26)19-13-21(25)24(15-19)20-11-9-17(3)10-12-20/h4-12,16,19H,13-15H2,1-3H3/t19-/m1/s1. The fourth-order valence-electron chi connectivity index (χ4n) is 3.38. The highest BCUT2D eigenvalue weighted by molar-refractivity contribution is 6.00. The first-order chi connectivity index (χ1) is 12.5. The highest BCUT2D eigenvalue weighted by Crippen LogP contribution is 2.27. The summed E-state index contributed by atoms with van der Waals surface area (Å²) in [4.78, 5) is 29.2. The highest BCUT2D eigenvalue weighted by atomic mass is 16.2. The average Bonchev–Trinajstić information content (AvgIpc) is 3.02. The number of amides is 2. The Labute approximate surface area is 155 Å². The molecule has 4 nitrogen and oxygen atoms in total. The molecule has 0 radical (unpaired) electrons.